The SMILES string of the molecule is F/C(Cl)=C/c1ccccc1. The maximum Gasteiger partial charge on any atom is 0.189 e. The standard InChI is InChI=1S/C8H6ClF/c9-8(10)6-7-4-2-1-3-5-7/h1-6H/b8-6+. The van der Waals surface area contributed by atoms with Crippen LogP contribution in [0.5, 0.6) is 0 Å². The van der Waals surface area contributed by atoms with Gasteiger partial charge in [-0.25, -0.2) is 0 Å². The lowest BCUT2D eigenvalue weighted by Gasteiger charge is -1.88. The molecule has 10 heavy (non-hydrogen) atoms. The van der Waals surface area contributed by atoms with Gasteiger partial charge in [0.15, 0.2) is 5.29 Å². The first-order chi connectivity index (χ1) is 4.79. The van der Waals surface area contributed by atoms with E-state index in [0.29, 0.717) is 0 Å². The summed E-state index contributed by atoms with van der Waals surface area (Å²) in [6, 6.07) is 9.07. The second-order valence-corrected chi connectivity index (χ2v) is 2.21. The lowest BCUT2D eigenvalue weighted by molar-refractivity contribution is 0.702. The molecule has 0 heterocycles. The van der Waals surface area contributed by atoms with Crippen molar-refractivity contribution in [3.63, 3.8) is 0 Å². The number of benzene rings is 1. The molecule has 0 aliphatic heterocycles. The second-order valence-electron chi connectivity index (χ2n) is 1.84. The van der Waals surface area contributed by atoms with E-state index in [4.69, 9.17) is 11.6 Å². The zero-order valence-electron chi connectivity index (χ0n) is 5.22. The highest BCUT2D eigenvalue weighted by molar-refractivity contribution is 6.30. The predicted molar refractivity (Wildman–Crippen MR) is 41.4 cm³/mol. The van der Waals surface area contributed by atoms with E-state index in [0.717, 1.165) is 5.56 Å². The number of rotatable bonds is 1. The molecular formula is C8H6ClF. The molecular weight excluding hydrogens is 151 g/mol. The van der Waals surface area contributed by atoms with Crippen LogP contribution < -0.4 is 0 Å². The first kappa shape index (κ1) is 7.29. The van der Waals surface area contributed by atoms with Gasteiger partial charge >= 0.3 is 0 Å². The largest absolute Gasteiger partial charge is 0.194 e. The van der Waals surface area contributed by atoms with E-state index >= 15 is 0 Å². The van der Waals surface area contributed by atoms with Crippen LogP contribution >= 0.6 is 11.6 Å². The van der Waals surface area contributed by atoms with Crippen molar-refractivity contribution in [2.75, 3.05) is 0 Å². The van der Waals surface area contributed by atoms with Gasteiger partial charge in [-0.2, -0.15) is 4.39 Å². The highest BCUT2D eigenvalue weighted by Gasteiger charge is 1.86. The smallest absolute Gasteiger partial charge is 0.189 e. The highest BCUT2D eigenvalue weighted by Crippen LogP contribution is 2.09. The summed E-state index contributed by atoms with van der Waals surface area (Å²) in [4.78, 5) is 0. The van der Waals surface area contributed by atoms with Crippen LogP contribution in [0.2, 0.25) is 0 Å². The zero-order valence-corrected chi connectivity index (χ0v) is 5.98. The molecule has 0 unspecified atom stereocenters. The molecule has 0 atom stereocenters. The Morgan fingerprint density at radius 3 is 2.40 bits per heavy atom. The maximum absolute atomic E-state index is 12.0. The second kappa shape index (κ2) is 3.37. The topological polar surface area (TPSA) is 0 Å². The summed E-state index contributed by atoms with van der Waals surface area (Å²) in [5.41, 5.74) is 0.773. The lowest BCUT2D eigenvalue weighted by atomic mass is 10.2. The predicted octanol–water partition coefficient (Wildman–Crippen LogP) is 3.19. The Labute approximate surface area is 63.9 Å². The molecule has 0 fully saturated rings. The summed E-state index contributed by atoms with van der Waals surface area (Å²) in [5, 5.41) is -0.689. The van der Waals surface area contributed by atoms with Crippen molar-refractivity contribution in [2.24, 2.45) is 0 Å². The van der Waals surface area contributed by atoms with Gasteiger partial charge in [-0.05, 0) is 11.6 Å². The molecule has 2 heteroatoms. The van der Waals surface area contributed by atoms with Gasteiger partial charge < -0.3 is 0 Å². The molecule has 52 valence electrons. The minimum absolute atomic E-state index is 0.689. The van der Waals surface area contributed by atoms with Crippen molar-refractivity contribution >= 4 is 17.7 Å². The average Bonchev–Trinajstić information content (AvgIpc) is 1.88. The van der Waals surface area contributed by atoms with Crippen molar-refractivity contribution < 1.29 is 4.39 Å². The van der Waals surface area contributed by atoms with Crippen LogP contribution in [0.15, 0.2) is 35.6 Å². The van der Waals surface area contributed by atoms with Crippen LogP contribution in [0, 0.1) is 0 Å². The van der Waals surface area contributed by atoms with E-state index in [1.165, 1.54) is 6.08 Å². The van der Waals surface area contributed by atoms with Crippen LogP contribution in [-0.2, 0) is 0 Å². The van der Waals surface area contributed by atoms with Gasteiger partial charge in [0.1, 0.15) is 0 Å². The number of halogens is 2. The fourth-order valence-electron chi connectivity index (χ4n) is 0.675. The molecule has 0 nitrogen and oxygen atoms in total. The first-order valence-corrected chi connectivity index (χ1v) is 3.24. The summed E-state index contributed by atoms with van der Waals surface area (Å²) >= 11 is 5.01. The molecule has 0 N–H and O–H groups in total. The van der Waals surface area contributed by atoms with Gasteiger partial charge in [0, 0.05) is 0 Å². The van der Waals surface area contributed by atoms with Crippen molar-refractivity contribution in [3.05, 3.63) is 41.2 Å². The molecule has 1 rings (SSSR count). The molecule has 0 saturated heterocycles. The number of hydrogen-bond acceptors (Lipinski definition) is 0. The van der Waals surface area contributed by atoms with E-state index in [-0.39, 0.29) is 0 Å². The fourth-order valence-corrected chi connectivity index (χ4v) is 0.801. The van der Waals surface area contributed by atoms with Crippen LogP contribution in [0.1, 0.15) is 5.56 Å². The Morgan fingerprint density at radius 1 is 1.30 bits per heavy atom. The molecule has 0 spiro atoms. The van der Waals surface area contributed by atoms with Gasteiger partial charge in [-0.15, -0.1) is 0 Å². The fraction of sp³-hybridized carbons (Fsp3) is 0. The molecule has 1 aromatic rings. The quantitative estimate of drug-likeness (QED) is 0.586. The van der Waals surface area contributed by atoms with E-state index in [2.05, 4.69) is 0 Å². The van der Waals surface area contributed by atoms with Crippen LogP contribution in [-0.4, -0.2) is 0 Å². The Morgan fingerprint density at radius 2 is 1.90 bits per heavy atom. The van der Waals surface area contributed by atoms with E-state index in [9.17, 15) is 4.39 Å². The van der Waals surface area contributed by atoms with Crippen LogP contribution in [0.3, 0.4) is 0 Å². The van der Waals surface area contributed by atoms with Gasteiger partial charge in [0.2, 0.25) is 0 Å². The van der Waals surface area contributed by atoms with E-state index in [1.54, 1.807) is 12.1 Å². The van der Waals surface area contributed by atoms with E-state index < -0.39 is 5.29 Å². The molecule has 1 aromatic carbocycles. The molecule has 0 radical (unpaired) electrons. The lowest BCUT2D eigenvalue weighted by Crippen LogP contribution is -1.67. The van der Waals surface area contributed by atoms with Crippen molar-refractivity contribution in [2.45, 2.75) is 0 Å². The van der Waals surface area contributed by atoms with Crippen molar-refractivity contribution in [1.29, 1.82) is 0 Å². The number of hydrogen-bond donors (Lipinski definition) is 0. The Balaban J connectivity index is 2.87. The first-order valence-electron chi connectivity index (χ1n) is 2.87. The Hall–Kier alpha value is -0.820. The van der Waals surface area contributed by atoms with Crippen LogP contribution in [0.4, 0.5) is 4.39 Å². The normalized spacial score (nSPS) is 11.6. The Bertz CT molecular complexity index is 224. The van der Waals surface area contributed by atoms with Crippen LogP contribution in [0.25, 0.3) is 6.08 Å². The van der Waals surface area contributed by atoms with Gasteiger partial charge in [-0.3, -0.25) is 0 Å². The zero-order chi connectivity index (χ0) is 7.40. The van der Waals surface area contributed by atoms with Gasteiger partial charge in [0.25, 0.3) is 0 Å². The molecule has 0 amide bonds. The highest BCUT2D eigenvalue weighted by atomic mass is 35.5. The third-order valence-corrected chi connectivity index (χ3v) is 1.18. The summed E-state index contributed by atoms with van der Waals surface area (Å²) in [6.45, 7) is 0. The molecule has 0 aliphatic rings. The molecule has 0 aliphatic carbocycles. The van der Waals surface area contributed by atoms with Crippen molar-refractivity contribution in [1.82, 2.24) is 0 Å². The minimum Gasteiger partial charge on any atom is -0.194 e. The van der Waals surface area contributed by atoms with E-state index in [1.807, 2.05) is 18.2 Å². The summed E-state index contributed by atoms with van der Waals surface area (Å²) in [5.74, 6) is 0. The van der Waals surface area contributed by atoms with Gasteiger partial charge in [0.05, 0.1) is 0 Å². The third-order valence-electron chi connectivity index (χ3n) is 1.08. The molecule has 0 saturated carbocycles. The molecule has 0 aromatic heterocycles. The average molecular weight is 157 g/mol. The summed E-state index contributed by atoms with van der Waals surface area (Å²) in [6.07, 6.45) is 1.27. The third kappa shape index (κ3) is 2.19. The van der Waals surface area contributed by atoms with Crippen molar-refractivity contribution in [3.8, 4) is 0 Å². The molecule has 0 bridgehead atoms. The van der Waals surface area contributed by atoms with Gasteiger partial charge in [-0.1, -0.05) is 41.9 Å². The summed E-state index contributed by atoms with van der Waals surface area (Å²) in [7, 11) is 0. The summed E-state index contributed by atoms with van der Waals surface area (Å²) < 4.78 is 12.0. The Kier molecular flexibility index (Phi) is 2.46. The minimum atomic E-state index is -0.689. The monoisotopic (exact) mass is 156 g/mol. The maximum atomic E-state index is 12.0.